The van der Waals surface area contributed by atoms with Crippen molar-refractivity contribution in [1.29, 1.82) is 0 Å². The molecule has 0 bridgehead atoms. The van der Waals surface area contributed by atoms with Crippen molar-refractivity contribution in [2.75, 3.05) is 23.7 Å². The van der Waals surface area contributed by atoms with E-state index in [4.69, 9.17) is 5.73 Å². The van der Waals surface area contributed by atoms with Gasteiger partial charge in [-0.1, -0.05) is 6.07 Å². The lowest BCUT2D eigenvalue weighted by atomic mass is 10.2. The first-order valence-corrected chi connectivity index (χ1v) is 8.57. The maximum Gasteiger partial charge on any atom is 0.254 e. The summed E-state index contributed by atoms with van der Waals surface area (Å²) in [5, 5.41) is 17.9. The molecule has 3 heterocycles. The van der Waals surface area contributed by atoms with E-state index in [1.807, 2.05) is 24.3 Å². The smallest absolute Gasteiger partial charge is 0.254 e. The van der Waals surface area contributed by atoms with Gasteiger partial charge in [-0.3, -0.25) is 4.79 Å². The van der Waals surface area contributed by atoms with E-state index in [9.17, 15) is 4.79 Å². The first kappa shape index (κ1) is 16.9. The molecule has 0 saturated carbocycles. The Balaban J connectivity index is 1.61. The predicted molar refractivity (Wildman–Crippen MR) is 100 cm³/mol. The molecular weight excluding hydrogens is 346 g/mol. The van der Waals surface area contributed by atoms with Crippen LogP contribution in [-0.2, 0) is 0 Å². The van der Waals surface area contributed by atoms with Gasteiger partial charge >= 0.3 is 0 Å². The molecule has 27 heavy (non-hydrogen) atoms. The minimum atomic E-state index is -0.600. The molecule has 5 N–H and O–H groups in total. The van der Waals surface area contributed by atoms with E-state index in [1.54, 1.807) is 12.4 Å². The van der Waals surface area contributed by atoms with Crippen molar-refractivity contribution in [3.8, 4) is 5.69 Å². The van der Waals surface area contributed by atoms with Crippen molar-refractivity contribution in [2.45, 2.75) is 12.5 Å². The average Bonchev–Trinajstić information content (AvgIpc) is 3.36. The third-order valence-electron chi connectivity index (χ3n) is 4.21. The monoisotopic (exact) mass is 365 g/mol. The third-order valence-corrected chi connectivity index (χ3v) is 4.21. The SMILES string of the molecule is NC(=O)c1cnc(NC2CCNC2)nc1Nc1cccc(-n2nccn2)c1. The van der Waals surface area contributed by atoms with Crippen LogP contribution in [0.1, 0.15) is 16.8 Å². The Morgan fingerprint density at radius 3 is 2.89 bits per heavy atom. The highest BCUT2D eigenvalue weighted by Crippen LogP contribution is 2.22. The number of primary amides is 1. The van der Waals surface area contributed by atoms with Gasteiger partial charge in [-0.2, -0.15) is 20.0 Å². The van der Waals surface area contributed by atoms with Gasteiger partial charge in [0.1, 0.15) is 11.4 Å². The zero-order chi connectivity index (χ0) is 18.6. The standard InChI is InChI=1S/C17H19N9O/c18-15(27)14-10-20-17(24-12-4-5-19-9-12)25-16(14)23-11-2-1-3-13(8-11)26-21-6-7-22-26/h1-3,6-8,10,12,19H,4-5,9H2,(H2,18,27)(H2,20,23,24,25). The minimum absolute atomic E-state index is 0.215. The average molecular weight is 365 g/mol. The summed E-state index contributed by atoms with van der Waals surface area (Å²) in [5.41, 5.74) is 7.19. The second kappa shape index (κ2) is 7.38. The van der Waals surface area contributed by atoms with Gasteiger partial charge in [-0.25, -0.2) is 4.98 Å². The number of anilines is 3. The van der Waals surface area contributed by atoms with Gasteiger partial charge in [-0.15, -0.1) is 0 Å². The Hall–Kier alpha value is -3.53. The molecule has 2 aromatic heterocycles. The van der Waals surface area contributed by atoms with E-state index < -0.39 is 5.91 Å². The fourth-order valence-corrected chi connectivity index (χ4v) is 2.88. The maximum atomic E-state index is 11.8. The Morgan fingerprint density at radius 2 is 2.15 bits per heavy atom. The normalized spacial score (nSPS) is 16.2. The molecule has 1 aliphatic rings. The first-order chi connectivity index (χ1) is 13.2. The summed E-state index contributed by atoms with van der Waals surface area (Å²) in [6, 6.07) is 7.69. The summed E-state index contributed by atoms with van der Waals surface area (Å²) in [6.45, 7) is 1.80. The topological polar surface area (TPSA) is 136 Å². The number of aromatic nitrogens is 5. The van der Waals surface area contributed by atoms with E-state index in [-0.39, 0.29) is 11.6 Å². The number of nitrogens with two attached hydrogens (primary N) is 1. The highest BCUT2D eigenvalue weighted by atomic mass is 16.1. The zero-order valence-electron chi connectivity index (χ0n) is 14.5. The maximum absolute atomic E-state index is 11.8. The summed E-state index contributed by atoms with van der Waals surface area (Å²) >= 11 is 0. The summed E-state index contributed by atoms with van der Waals surface area (Å²) in [7, 11) is 0. The lowest BCUT2D eigenvalue weighted by Crippen LogP contribution is -2.24. The molecule has 1 atom stereocenters. The van der Waals surface area contributed by atoms with Crippen LogP contribution in [0.3, 0.4) is 0 Å². The van der Waals surface area contributed by atoms with Crippen LogP contribution < -0.4 is 21.7 Å². The highest BCUT2D eigenvalue weighted by molar-refractivity contribution is 5.98. The van der Waals surface area contributed by atoms with Crippen LogP contribution >= 0.6 is 0 Å². The number of nitrogens with zero attached hydrogens (tertiary/aromatic N) is 5. The molecule has 1 fully saturated rings. The van der Waals surface area contributed by atoms with Crippen molar-refractivity contribution in [3.63, 3.8) is 0 Å². The number of benzene rings is 1. The number of nitrogens with one attached hydrogen (secondary N) is 3. The Morgan fingerprint density at radius 1 is 1.30 bits per heavy atom. The second-order valence-corrected chi connectivity index (χ2v) is 6.15. The van der Waals surface area contributed by atoms with Gasteiger partial charge in [0.15, 0.2) is 0 Å². The largest absolute Gasteiger partial charge is 0.365 e. The van der Waals surface area contributed by atoms with Crippen LogP contribution in [0, 0.1) is 0 Å². The lowest BCUT2D eigenvalue weighted by molar-refractivity contribution is 0.100. The third kappa shape index (κ3) is 3.85. The fourth-order valence-electron chi connectivity index (χ4n) is 2.88. The molecule has 3 aromatic rings. The summed E-state index contributed by atoms with van der Waals surface area (Å²) < 4.78 is 0. The van der Waals surface area contributed by atoms with Crippen molar-refractivity contribution in [3.05, 3.63) is 48.4 Å². The minimum Gasteiger partial charge on any atom is -0.365 e. The van der Waals surface area contributed by atoms with E-state index in [1.165, 1.54) is 11.0 Å². The summed E-state index contributed by atoms with van der Waals surface area (Å²) in [6.07, 6.45) is 5.63. The van der Waals surface area contributed by atoms with Crippen molar-refractivity contribution >= 4 is 23.4 Å². The molecule has 10 heteroatoms. The molecular formula is C17H19N9O. The number of rotatable bonds is 6. The number of carbonyl (C=O) groups is 1. The van der Waals surface area contributed by atoms with Crippen molar-refractivity contribution < 1.29 is 4.79 Å². The second-order valence-electron chi connectivity index (χ2n) is 6.15. The van der Waals surface area contributed by atoms with Gasteiger partial charge in [0.25, 0.3) is 5.91 Å². The quantitative estimate of drug-likeness (QED) is 0.500. The molecule has 0 radical (unpaired) electrons. The van der Waals surface area contributed by atoms with E-state index >= 15 is 0 Å². The Labute approximate surface area is 155 Å². The molecule has 0 aliphatic carbocycles. The molecule has 138 valence electrons. The van der Waals surface area contributed by atoms with Crippen molar-refractivity contribution in [1.82, 2.24) is 30.3 Å². The van der Waals surface area contributed by atoms with Crippen LogP contribution in [0.2, 0.25) is 0 Å². The number of hydrogen-bond acceptors (Lipinski definition) is 8. The Kier molecular flexibility index (Phi) is 4.62. The molecule has 1 saturated heterocycles. The van der Waals surface area contributed by atoms with Crippen LogP contribution in [0.4, 0.5) is 17.5 Å². The highest BCUT2D eigenvalue weighted by Gasteiger charge is 2.17. The van der Waals surface area contributed by atoms with Gasteiger partial charge < -0.3 is 21.7 Å². The fraction of sp³-hybridized carbons (Fsp3) is 0.235. The van der Waals surface area contributed by atoms with E-state index in [0.717, 1.165) is 30.9 Å². The number of amides is 1. The molecule has 1 aromatic carbocycles. The summed E-state index contributed by atoms with van der Waals surface area (Å²) in [4.78, 5) is 21.9. The predicted octanol–water partition coefficient (Wildman–Crippen LogP) is 0.674. The van der Waals surface area contributed by atoms with Gasteiger partial charge in [0.05, 0.1) is 18.1 Å². The molecule has 4 rings (SSSR count). The zero-order valence-corrected chi connectivity index (χ0v) is 14.5. The van der Waals surface area contributed by atoms with Crippen LogP contribution in [0.25, 0.3) is 5.69 Å². The molecule has 10 nitrogen and oxygen atoms in total. The van der Waals surface area contributed by atoms with Gasteiger partial charge in [0.2, 0.25) is 5.95 Å². The molecule has 1 amide bonds. The molecule has 1 unspecified atom stereocenters. The number of hydrogen-bond donors (Lipinski definition) is 4. The van der Waals surface area contributed by atoms with E-state index in [0.29, 0.717) is 11.8 Å². The Bertz CT molecular complexity index is 935. The molecule has 0 spiro atoms. The molecule has 1 aliphatic heterocycles. The van der Waals surface area contributed by atoms with Gasteiger partial charge in [-0.05, 0) is 31.2 Å². The van der Waals surface area contributed by atoms with Crippen LogP contribution in [0.5, 0.6) is 0 Å². The summed E-state index contributed by atoms with van der Waals surface area (Å²) in [5.74, 6) is 0.189. The lowest BCUT2D eigenvalue weighted by Gasteiger charge is -2.14. The van der Waals surface area contributed by atoms with Gasteiger partial charge in [0, 0.05) is 24.5 Å². The van der Waals surface area contributed by atoms with Crippen LogP contribution in [0.15, 0.2) is 42.9 Å². The van der Waals surface area contributed by atoms with Crippen LogP contribution in [-0.4, -0.2) is 50.0 Å². The van der Waals surface area contributed by atoms with Crippen molar-refractivity contribution in [2.24, 2.45) is 5.73 Å². The number of carbonyl (C=O) groups excluding carboxylic acids is 1. The van der Waals surface area contributed by atoms with E-state index in [2.05, 4.69) is 36.1 Å². The first-order valence-electron chi connectivity index (χ1n) is 8.57.